The standard InChI is InChI=1S/C13H15FN2O5/c1-2-3-4-10(13(18)19)15-12(17)8-5-6-9(14)11(7-8)16(20)21/h5-7,10H,2-4H2,1H3,(H,15,17)(H,18,19)/t10-/m0/s1. The third kappa shape index (κ3) is 4.51. The second-order valence-corrected chi connectivity index (χ2v) is 4.43. The molecule has 0 saturated carbocycles. The van der Waals surface area contributed by atoms with Crippen LogP contribution in [0, 0.1) is 15.9 Å². The molecule has 0 radical (unpaired) electrons. The van der Waals surface area contributed by atoms with Crippen molar-refractivity contribution in [2.24, 2.45) is 0 Å². The average molecular weight is 298 g/mol. The van der Waals surface area contributed by atoms with Gasteiger partial charge in [0, 0.05) is 11.6 Å². The SMILES string of the molecule is CCCC[C@H](NC(=O)c1ccc(F)c([N+](=O)[O-])c1)C(=O)O. The van der Waals surface area contributed by atoms with Gasteiger partial charge in [0.05, 0.1) is 4.92 Å². The van der Waals surface area contributed by atoms with Crippen molar-refractivity contribution in [3.63, 3.8) is 0 Å². The molecular weight excluding hydrogens is 283 g/mol. The van der Waals surface area contributed by atoms with Gasteiger partial charge in [-0.05, 0) is 18.6 Å². The molecule has 1 atom stereocenters. The summed E-state index contributed by atoms with van der Waals surface area (Å²) in [5, 5.41) is 21.9. The van der Waals surface area contributed by atoms with Crippen molar-refractivity contribution in [2.45, 2.75) is 32.2 Å². The van der Waals surface area contributed by atoms with E-state index in [0.717, 1.165) is 24.6 Å². The number of hydrogen-bond donors (Lipinski definition) is 2. The Labute approximate surface area is 119 Å². The number of carbonyl (C=O) groups excluding carboxylic acids is 1. The Morgan fingerprint density at radius 2 is 2.14 bits per heavy atom. The Morgan fingerprint density at radius 3 is 2.67 bits per heavy atom. The van der Waals surface area contributed by atoms with Gasteiger partial charge >= 0.3 is 11.7 Å². The summed E-state index contributed by atoms with van der Waals surface area (Å²) < 4.78 is 13.2. The first-order chi connectivity index (χ1) is 9.86. The Balaban J connectivity index is 2.90. The summed E-state index contributed by atoms with van der Waals surface area (Å²) in [5.41, 5.74) is -0.992. The van der Waals surface area contributed by atoms with E-state index in [0.29, 0.717) is 6.42 Å². The molecule has 0 aliphatic rings. The highest BCUT2D eigenvalue weighted by molar-refractivity contribution is 5.97. The number of aliphatic carboxylic acids is 1. The van der Waals surface area contributed by atoms with Crippen LogP contribution in [0.1, 0.15) is 36.5 Å². The molecule has 0 aromatic heterocycles. The van der Waals surface area contributed by atoms with Gasteiger partial charge in [0.1, 0.15) is 6.04 Å². The van der Waals surface area contributed by atoms with E-state index in [4.69, 9.17) is 5.11 Å². The van der Waals surface area contributed by atoms with Crippen LogP contribution in [0.2, 0.25) is 0 Å². The van der Waals surface area contributed by atoms with Gasteiger partial charge in [-0.25, -0.2) is 4.79 Å². The van der Waals surface area contributed by atoms with Crippen molar-refractivity contribution in [2.75, 3.05) is 0 Å². The molecule has 114 valence electrons. The molecule has 0 bridgehead atoms. The van der Waals surface area contributed by atoms with Gasteiger partial charge in [0.25, 0.3) is 5.91 Å². The zero-order chi connectivity index (χ0) is 16.0. The Hall–Kier alpha value is -2.51. The number of unbranched alkanes of at least 4 members (excludes halogenated alkanes) is 1. The summed E-state index contributed by atoms with van der Waals surface area (Å²) >= 11 is 0. The van der Waals surface area contributed by atoms with Gasteiger partial charge in [-0.2, -0.15) is 4.39 Å². The molecule has 1 aromatic carbocycles. The summed E-state index contributed by atoms with van der Waals surface area (Å²) in [4.78, 5) is 32.6. The smallest absolute Gasteiger partial charge is 0.326 e. The fraction of sp³-hybridized carbons (Fsp3) is 0.385. The maximum Gasteiger partial charge on any atom is 0.326 e. The number of carboxylic acids is 1. The number of rotatable bonds is 7. The Bertz CT molecular complexity index is 561. The molecule has 21 heavy (non-hydrogen) atoms. The van der Waals surface area contributed by atoms with Gasteiger partial charge in [-0.15, -0.1) is 0 Å². The first kappa shape index (κ1) is 16.5. The Kier molecular flexibility index (Phi) is 5.77. The van der Waals surface area contributed by atoms with Crippen molar-refractivity contribution in [1.82, 2.24) is 5.32 Å². The number of hydrogen-bond acceptors (Lipinski definition) is 4. The van der Waals surface area contributed by atoms with Crippen LogP contribution in [-0.2, 0) is 4.79 Å². The lowest BCUT2D eigenvalue weighted by atomic mass is 10.1. The average Bonchev–Trinajstić information content (AvgIpc) is 2.42. The third-order valence-electron chi connectivity index (χ3n) is 2.85. The number of carbonyl (C=O) groups is 2. The zero-order valence-corrected chi connectivity index (χ0v) is 11.3. The number of nitrogens with zero attached hydrogens (tertiary/aromatic N) is 1. The second-order valence-electron chi connectivity index (χ2n) is 4.43. The lowest BCUT2D eigenvalue weighted by Gasteiger charge is -2.14. The molecule has 0 aliphatic carbocycles. The maximum atomic E-state index is 13.2. The minimum Gasteiger partial charge on any atom is -0.480 e. The summed E-state index contributed by atoms with van der Waals surface area (Å²) in [7, 11) is 0. The molecule has 1 aromatic rings. The minimum atomic E-state index is -1.19. The number of nitro benzene ring substituents is 1. The van der Waals surface area contributed by atoms with Crippen LogP contribution in [0.25, 0.3) is 0 Å². The van der Waals surface area contributed by atoms with Gasteiger partial charge in [0.15, 0.2) is 0 Å². The van der Waals surface area contributed by atoms with Crippen LogP contribution in [0.15, 0.2) is 18.2 Å². The predicted octanol–water partition coefficient (Wildman–Crippen LogP) is 2.11. The molecule has 0 heterocycles. The van der Waals surface area contributed by atoms with Crippen LogP contribution in [-0.4, -0.2) is 27.9 Å². The molecule has 8 heteroatoms. The van der Waals surface area contributed by atoms with E-state index in [2.05, 4.69) is 5.32 Å². The summed E-state index contributed by atoms with van der Waals surface area (Å²) in [6, 6.07) is 1.57. The number of benzene rings is 1. The number of nitrogens with one attached hydrogen (secondary N) is 1. The molecule has 0 spiro atoms. The fourth-order valence-corrected chi connectivity index (χ4v) is 1.70. The van der Waals surface area contributed by atoms with Crippen LogP contribution >= 0.6 is 0 Å². The first-order valence-electron chi connectivity index (χ1n) is 6.34. The summed E-state index contributed by atoms with van der Waals surface area (Å²) in [6.45, 7) is 1.88. The fourth-order valence-electron chi connectivity index (χ4n) is 1.70. The lowest BCUT2D eigenvalue weighted by Crippen LogP contribution is -2.40. The molecule has 0 aliphatic heterocycles. The third-order valence-corrected chi connectivity index (χ3v) is 2.85. The monoisotopic (exact) mass is 298 g/mol. The van der Waals surface area contributed by atoms with Crippen molar-refractivity contribution in [3.05, 3.63) is 39.7 Å². The predicted molar refractivity (Wildman–Crippen MR) is 71.5 cm³/mol. The molecule has 0 saturated heterocycles. The van der Waals surface area contributed by atoms with Crippen LogP contribution in [0.5, 0.6) is 0 Å². The van der Waals surface area contributed by atoms with Crippen molar-refractivity contribution < 1.29 is 24.0 Å². The molecular formula is C13H15FN2O5. The molecule has 7 nitrogen and oxygen atoms in total. The van der Waals surface area contributed by atoms with E-state index in [1.165, 1.54) is 0 Å². The largest absolute Gasteiger partial charge is 0.480 e. The van der Waals surface area contributed by atoms with Gasteiger partial charge < -0.3 is 10.4 Å². The molecule has 1 rings (SSSR count). The van der Waals surface area contributed by atoms with E-state index in [1.807, 2.05) is 6.92 Å². The van der Waals surface area contributed by atoms with Crippen LogP contribution < -0.4 is 5.32 Å². The molecule has 0 unspecified atom stereocenters. The quantitative estimate of drug-likeness (QED) is 0.591. The number of carboxylic acid groups (broad SMARTS) is 1. The van der Waals surface area contributed by atoms with E-state index >= 15 is 0 Å². The summed E-state index contributed by atoms with van der Waals surface area (Å²) in [5.74, 6) is -3.03. The van der Waals surface area contributed by atoms with Crippen LogP contribution in [0.3, 0.4) is 0 Å². The second kappa shape index (κ2) is 7.32. The first-order valence-corrected chi connectivity index (χ1v) is 6.34. The van der Waals surface area contributed by atoms with Crippen molar-refractivity contribution in [1.29, 1.82) is 0 Å². The van der Waals surface area contributed by atoms with Crippen molar-refractivity contribution >= 4 is 17.6 Å². The maximum absolute atomic E-state index is 13.2. The Morgan fingerprint density at radius 1 is 1.48 bits per heavy atom. The van der Waals surface area contributed by atoms with E-state index in [1.54, 1.807) is 0 Å². The number of nitro groups is 1. The number of halogens is 1. The lowest BCUT2D eigenvalue weighted by molar-refractivity contribution is -0.387. The molecule has 0 fully saturated rings. The normalized spacial score (nSPS) is 11.7. The van der Waals surface area contributed by atoms with Gasteiger partial charge in [-0.3, -0.25) is 14.9 Å². The van der Waals surface area contributed by atoms with E-state index in [-0.39, 0.29) is 12.0 Å². The number of amides is 1. The molecule has 2 N–H and O–H groups in total. The van der Waals surface area contributed by atoms with Gasteiger partial charge in [-0.1, -0.05) is 19.8 Å². The van der Waals surface area contributed by atoms with E-state index < -0.39 is 34.3 Å². The summed E-state index contributed by atoms with van der Waals surface area (Å²) in [6.07, 6.45) is 1.63. The van der Waals surface area contributed by atoms with E-state index in [9.17, 15) is 24.1 Å². The highest BCUT2D eigenvalue weighted by atomic mass is 19.1. The highest BCUT2D eigenvalue weighted by Crippen LogP contribution is 2.18. The minimum absolute atomic E-state index is 0.161. The topological polar surface area (TPSA) is 110 Å². The van der Waals surface area contributed by atoms with Gasteiger partial charge in [0.2, 0.25) is 5.82 Å². The van der Waals surface area contributed by atoms with Crippen molar-refractivity contribution in [3.8, 4) is 0 Å². The zero-order valence-electron chi connectivity index (χ0n) is 11.3. The van der Waals surface area contributed by atoms with Crippen LogP contribution in [0.4, 0.5) is 10.1 Å². The highest BCUT2D eigenvalue weighted by Gasteiger charge is 2.22. The molecule has 1 amide bonds.